The Morgan fingerprint density at radius 3 is 2.65 bits per heavy atom. The van der Waals surface area contributed by atoms with Crippen LogP contribution in [0.4, 0.5) is 19.0 Å². The Morgan fingerprint density at radius 1 is 1.47 bits per heavy atom. The number of halogens is 4. The van der Waals surface area contributed by atoms with Crippen molar-refractivity contribution in [1.29, 1.82) is 0 Å². The lowest BCUT2D eigenvalue weighted by atomic mass is 10.2. The zero-order valence-corrected chi connectivity index (χ0v) is 9.81. The lowest BCUT2D eigenvalue weighted by Gasteiger charge is -2.11. The number of nitrogens with one attached hydrogen (secondary N) is 1. The van der Waals surface area contributed by atoms with E-state index >= 15 is 0 Å². The molecule has 1 atom stereocenters. The predicted molar refractivity (Wildman–Crippen MR) is 59.0 cm³/mol. The first-order chi connectivity index (χ1) is 7.79. The molecule has 0 saturated heterocycles. The van der Waals surface area contributed by atoms with E-state index in [0.717, 1.165) is 12.1 Å². The highest BCUT2D eigenvalue weighted by atomic mass is 35.5. The van der Waals surface area contributed by atoms with Crippen molar-refractivity contribution in [3.63, 3.8) is 0 Å². The second-order valence-electron chi connectivity index (χ2n) is 3.63. The SMILES string of the molecule is CC(O)CCNc1cc(C(F)(F)F)cc(Cl)n1. The molecule has 0 fully saturated rings. The number of aliphatic hydroxyl groups is 1. The van der Waals surface area contributed by atoms with Crippen LogP contribution in [0.3, 0.4) is 0 Å². The predicted octanol–water partition coefficient (Wildman–Crippen LogP) is 2.94. The van der Waals surface area contributed by atoms with E-state index in [-0.39, 0.29) is 11.0 Å². The number of nitrogens with zero attached hydrogens (tertiary/aromatic N) is 1. The maximum Gasteiger partial charge on any atom is 0.416 e. The largest absolute Gasteiger partial charge is 0.416 e. The summed E-state index contributed by atoms with van der Waals surface area (Å²) in [4.78, 5) is 3.72. The smallest absolute Gasteiger partial charge is 0.393 e. The molecule has 1 aromatic heterocycles. The minimum absolute atomic E-state index is 0.0467. The van der Waals surface area contributed by atoms with Gasteiger partial charge in [0, 0.05) is 6.54 Å². The zero-order valence-electron chi connectivity index (χ0n) is 9.05. The molecular formula is C10H12ClF3N2O. The quantitative estimate of drug-likeness (QED) is 0.826. The van der Waals surface area contributed by atoms with Gasteiger partial charge in [-0.05, 0) is 25.5 Å². The molecule has 17 heavy (non-hydrogen) atoms. The third-order valence-electron chi connectivity index (χ3n) is 1.99. The zero-order chi connectivity index (χ0) is 13.1. The van der Waals surface area contributed by atoms with Crippen molar-refractivity contribution < 1.29 is 18.3 Å². The van der Waals surface area contributed by atoms with Gasteiger partial charge in [-0.1, -0.05) is 11.6 Å². The van der Waals surface area contributed by atoms with Gasteiger partial charge in [-0.15, -0.1) is 0 Å². The van der Waals surface area contributed by atoms with Crippen molar-refractivity contribution in [2.24, 2.45) is 0 Å². The van der Waals surface area contributed by atoms with Crippen LogP contribution < -0.4 is 5.32 Å². The van der Waals surface area contributed by atoms with Gasteiger partial charge in [0.1, 0.15) is 11.0 Å². The molecule has 3 nitrogen and oxygen atoms in total. The molecule has 0 aliphatic rings. The van der Waals surface area contributed by atoms with E-state index in [1.165, 1.54) is 0 Å². The van der Waals surface area contributed by atoms with E-state index in [1.807, 2.05) is 0 Å². The average molecular weight is 269 g/mol. The minimum atomic E-state index is -4.45. The monoisotopic (exact) mass is 268 g/mol. The molecule has 96 valence electrons. The number of rotatable bonds is 4. The van der Waals surface area contributed by atoms with Gasteiger partial charge in [-0.2, -0.15) is 13.2 Å². The lowest BCUT2D eigenvalue weighted by molar-refractivity contribution is -0.137. The second kappa shape index (κ2) is 5.55. The lowest BCUT2D eigenvalue weighted by Crippen LogP contribution is -2.12. The highest BCUT2D eigenvalue weighted by Crippen LogP contribution is 2.31. The molecule has 1 unspecified atom stereocenters. The first-order valence-electron chi connectivity index (χ1n) is 4.96. The Balaban J connectivity index is 2.76. The van der Waals surface area contributed by atoms with E-state index < -0.39 is 17.8 Å². The molecule has 1 rings (SSSR count). The highest BCUT2D eigenvalue weighted by Gasteiger charge is 2.31. The van der Waals surface area contributed by atoms with E-state index in [1.54, 1.807) is 6.92 Å². The van der Waals surface area contributed by atoms with Crippen molar-refractivity contribution in [1.82, 2.24) is 4.98 Å². The van der Waals surface area contributed by atoms with Gasteiger partial charge < -0.3 is 10.4 Å². The summed E-state index contributed by atoms with van der Waals surface area (Å²) in [7, 11) is 0. The van der Waals surface area contributed by atoms with Crippen LogP contribution >= 0.6 is 11.6 Å². The second-order valence-corrected chi connectivity index (χ2v) is 4.01. The van der Waals surface area contributed by atoms with Crippen LogP contribution in [0, 0.1) is 0 Å². The number of aromatic nitrogens is 1. The number of pyridine rings is 1. The first-order valence-corrected chi connectivity index (χ1v) is 5.33. The van der Waals surface area contributed by atoms with Gasteiger partial charge in [0.05, 0.1) is 11.7 Å². The summed E-state index contributed by atoms with van der Waals surface area (Å²) >= 11 is 5.50. The maximum absolute atomic E-state index is 12.4. The fraction of sp³-hybridized carbons (Fsp3) is 0.500. The molecule has 0 aromatic carbocycles. The molecule has 0 amide bonds. The number of hydrogen-bond donors (Lipinski definition) is 2. The molecule has 0 saturated carbocycles. The molecule has 0 radical (unpaired) electrons. The van der Waals surface area contributed by atoms with Gasteiger partial charge in [0.25, 0.3) is 0 Å². The molecule has 0 aliphatic heterocycles. The summed E-state index contributed by atoms with van der Waals surface area (Å²) in [6.07, 6.45) is -4.56. The molecule has 0 spiro atoms. The summed E-state index contributed by atoms with van der Waals surface area (Å²) in [5, 5.41) is 11.5. The Kier molecular flexibility index (Phi) is 4.59. The molecule has 7 heteroatoms. The van der Waals surface area contributed by atoms with Crippen molar-refractivity contribution >= 4 is 17.4 Å². The summed E-state index contributed by atoms with van der Waals surface area (Å²) in [6, 6.07) is 1.65. The fourth-order valence-electron chi connectivity index (χ4n) is 1.16. The third kappa shape index (κ3) is 4.79. The van der Waals surface area contributed by atoms with Gasteiger partial charge >= 0.3 is 6.18 Å². The van der Waals surface area contributed by atoms with Crippen LogP contribution in [0.2, 0.25) is 5.15 Å². The van der Waals surface area contributed by atoms with Crippen LogP contribution in [0.5, 0.6) is 0 Å². The topological polar surface area (TPSA) is 45.1 Å². The Hall–Kier alpha value is -1.01. The van der Waals surface area contributed by atoms with Gasteiger partial charge in [0.2, 0.25) is 0 Å². The molecule has 0 bridgehead atoms. The summed E-state index contributed by atoms with van der Waals surface area (Å²) in [6.45, 7) is 1.91. The van der Waals surface area contributed by atoms with Gasteiger partial charge in [-0.3, -0.25) is 0 Å². The van der Waals surface area contributed by atoms with Gasteiger partial charge in [0.15, 0.2) is 0 Å². The number of alkyl halides is 3. The van der Waals surface area contributed by atoms with Crippen molar-refractivity contribution in [3.8, 4) is 0 Å². The average Bonchev–Trinajstić information content (AvgIpc) is 2.14. The normalized spacial score (nSPS) is 13.5. The minimum Gasteiger partial charge on any atom is -0.393 e. The Labute approximate surface area is 102 Å². The van der Waals surface area contributed by atoms with E-state index in [4.69, 9.17) is 16.7 Å². The first kappa shape index (κ1) is 14.1. The maximum atomic E-state index is 12.4. The van der Waals surface area contributed by atoms with Gasteiger partial charge in [-0.25, -0.2) is 4.98 Å². The molecular weight excluding hydrogens is 257 g/mol. The van der Waals surface area contributed by atoms with Crippen molar-refractivity contribution in [2.75, 3.05) is 11.9 Å². The third-order valence-corrected chi connectivity index (χ3v) is 2.18. The van der Waals surface area contributed by atoms with E-state index in [9.17, 15) is 13.2 Å². The van der Waals surface area contributed by atoms with Crippen LogP contribution in [-0.2, 0) is 6.18 Å². The standard InChI is InChI=1S/C10H12ClF3N2O/c1-6(17)2-3-15-9-5-7(10(12,13)14)4-8(11)16-9/h4-6,17H,2-3H2,1H3,(H,15,16). The Morgan fingerprint density at radius 2 is 2.12 bits per heavy atom. The number of anilines is 1. The van der Waals surface area contributed by atoms with Crippen molar-refractivity contribution in [2.45, 2.75) is 25.6 Å². The van der Waals surface area contributed by atoms with Crippen LogP contribution in [0.15, 0.2) is 12.1 Å². The molecule has 2 N–H and O–H groups in total. The Bertz CT molecular complexity index is 382. The van der Waals surface area contributed by atoms with Crippen LogP contribution in [0.1, 0.15) is 18.9 Å². The number of aliphatic hydroxyl groups excluding tert-OH is 1. The fourth-order valence-corrected chi connectivity index (χ4v) is 1.37. The summed E-state index contributed by atoms with van der Waals surface area (Å²) in [5.41, 5.74) is -0.850. The molecule has 1 heterocycles. The highest BCUT2D eigenvalue weighted by molar-refractivity contribution is 6.29. The van der Waals surface area contributed by atoms with Crippen molar-refractivity contribution in [3.05, 3.63) is 22.8 Å². The van der Waals surface area contributed by atoms with Crippen LogP contribution in [-0.4, -0.2) is 22.7 Å². The molecule has 0 aliphatic carbocycles. The van der Waals surface area contributed by atoms with Crippen LogP contribution in [0.25, 0.3) is 0 Å². The van der Waals surface area contributed by atoms with E-state index in [2.05, 4.69) is 10.3 Å². The summed E-state index contributed by atoms with van der Waals surface area (Å²) in [5.74, 6) is 0.0467. The van der Waals surface area contributed by atoms with E-state index in [0.29, 0.717) is 13.0 Å². The molecule has 1 aromatic rings. The summed E-state index contributed by atoms with van der Waals surface area (Å²) < 4.78 is 37.3. The number of hydrogen-bond acceptors (Lipinski definition) is 3.